The molecule has 2 heterocycles. The molecule has 12 nitrogen and oxygen atoms in total. The Hall–Kier alpha value is -3.65. The van der Waals surface area contributed by atoms with Crippen LogP contribution < -0.4 is 0 Å². The molecule has 1 N–H and O–H groups in total. The summed E-state index contributed by atoms with van der Waals surface area (Å²) in [5, 5.41) is 22.6. The Bertz CT molecular complexity index is 1370. The van der Waals surface area contributed by atoms with Crippen LogP contribution in [0.15, 0.2) is 59.0 Å². The van der Waals surface area contributed by atoms with Gasteiger partial charge < -0.3 is 19.5 Å². The van der Waals surface area contributed by atoms with Gasteiger partial charge in [0.1, 0.15) is 5.76 Å². The second-order valence-electron chi connectivity index (χ2n) is 8.73. The topological polar surface area (TPSA) is 157 Å². The van der Waals surface area contributed by atoms with Crippen LogP contribution in [0.5, 0.6) is 0 Å². The van der Waals surface area contributed by atoms with E-state index in [0.29, 0.717) is 26.2 Å². The summed E-state index contributed by atoms with van der Waals surface area (Å²) in [6.45, 7) is 1.45. The van der Waals surface area contributed by atoms with Crippen LogP contribution in [0, 0.1) is 10.1 Å². The summed E-state index contributed by atoms with van der Waals surface area (Å²) in [4.78, 5) is 38.1. The summed E-state index contributed by atoms with van der Waals surface area (Å²) >= 11 is 0. The molecule has 1 atom stereocenters. The van der Waals surface area contributed by atoms with Crippen molar-refractivity contribution < 1.29 is 37.5 Å². The van der Waals surface area contributed by atoms with E-state index in [0.717, 1.165) is 0 Å². The highest BCUT2D eigenvalue weighted by Crippen LogP contribution is 2.40. The van der Waals surface area contributed by atoms with Crippen molar-refractivity contribution in [3.8, 4) is 0 Å². The summed E-state index contributed by atoms with van der Waals surface area (Å²) in [5.74, 6) is -2.31. The summed E-state index contributed by atoms with van der Waals surface area (Å²) in [7, 11) is -2.29. The first-order valence-corrected chi connectivity index (χ1v) is 13.3. The van der Waals surface area contributed by atoms with Crippen molar-refractivity contribution >= 4 is 33.2 Å². The highest BCUT2D eigenvalue weighted by atomic mass is 32.2. The first kappa shape index (κ1) is 27.4. The van der Waals surface area contributed by atoms with Gasteiger partial charge in [0.25, 0.3) is 17.4 Å². The fourth-order valence-corrected chi connectivity index (χ4v) is 5.93. The maximum atomic E-state index is 13.1. The maximum absolute atomic E-state index is 13.1. The van der Waals surface area contributed by atoms with Crippen LogP contribution >= 0.6 is 0 Å². The molecule has 2 saturated heterocycles. The molecule has 1 amide bonds. The number of ether oxygens (including phenoxy) is 2. The van der Waals surface area contributed by atoms with Gasteiger partial charge in [-0.1, -0.05) is 12.1 Å². The lowest BCUT2D eigenvalue weighted by Crippen LogP contribution is -2.40. The van der Waals surface area contributed by atoms with Gasteiger partial charge in [-0.25, -0.2) is 8.42 Å². The molecule has 0 spiro atoms. The molecule has 13 heteroatoms. The van der Waals surface area contributed by atoms with Crippen molar-refractivity contribution in [2.75, 3.05) is 46.6 Å². The molecule has 0 aliphatic carbocycles. The Morgan fingerprint density at radius 2 is 1.84 bits per heavy atom. The Morgan fingerprint density at radius 3 is 2.47 bits per heavy atom. The average Bonchev–Trinajstić information content (AvgIpc) is 3.18. The molecule has 2 aromatic rings. The number of carbonyl (C=O) groups is 2. The van der Waals surface area contributed by atoms with E-state index >= 15 is 0 Å². The standard InChI is InChI=1S/C25H27N3O9S/c1-36-13-3-10-27-22(18-4-2-5-19(16-18)28(32)33)21(24(30)25(27)31)23(29)17-6-8-20(9-7-17)38(34,35)26-11-14-37-15-12-26/h2,4-9,16,22,29H,3,10-15H2,1H3. The number of aliphatic hydroxyl groups excluding tert-OH is 1. The summed E-state index contributed by atoms with van der Waals surface area (Å²) in [6, 6.07) is 9.78. The molecule has 0 aromatic heterocycles. The number of non-ortho nitro benzene ring substituents is 1. The van der Waals surface area contributed by atoms with Crippen LogP contribution in [-0.4, -0.2) is 85.9 Å². The van der Waals surface area contributed by atoms with Crippen molar-refractivity contribution in [1.29, 1.82) is 0 Å². The number of hydrogen-bond donors (Lipinski definition) is 1. The number of morpholine rings is 1. The van der Waals surface area contributed by atoms with Gasteiger partial charge in [-0.05, 0) is 36.2 Å². The molecule has 2 aliphatic heterocycles. The molecule has 38 heavy (non-hydrogen) atoms. The van der Waals surface area contributed by atoms with Crippen molar-refractivity contribution in [2.24, 2.45) is 0 Å². The SMILES string of the molecule is COCCCN1C(=O)C(=O)C(=C(O)c2ccc(S(=O)(=O)N3CCOCC3)cc2)C1c1cccc([N+](=O)[O-])c1. The van der Waals surface area contributed by atoms with Crippen molar-refractivity contribution in [3.05, 3.63) is 75.3 Å². The predicted octanol–water partition coefficient (Wildman–Crippen LogP) is 2.07. The van der Waals surface area contributed by atoms with Gasteiger partial charge in [0, 0.05) is 51.0 Å². The molecule has 202 valence electrons. The monoisotopic (exact) mass is 545 g/mol. The van der Waals surface area contributed by atoms with Crippen molar-refractivity contribution in [2.45, 2.75) is 17.4 Å². The quantitative estimate of drug-likeness (QED) is 0.124. The predicted molar refractivity (Wildman–Crippen MR) is 135 cm³/mol. The van der Waals surface area contributed by atoms with Crippen molar-refractivity contribution in [3.63, 3.8) is 0 Å². The van der Waals surface area contributed by atoms with Gasteiger partial charge in [-0.2, -0.15) is 4.31 Å². The second-order valence-corrected chi connectivity index (χ2v) is 10.7. The molecule has 2 fully saturated rings. The molecule has 2 aromatic carbocycles. The number of nitrogens with zero attached hydrogens (tertiary/aromatic N) is 3. The number of methoxy groups -OCH3 is 1. The molecule has 0 bridgehead atoms. The van der Waals surface area contributed by atoms with E-state index < -0.39 is 38.4 Å². The molecular weight excluding hydrogens is 518 g/mol. The number of nitro benzene ring substituents is 1. The number of nitro groups is 1. The molecule has 4 rings (SSSR count). The lowest BCUT2D eigenvalue weighted by molar-refractivity contribution is -0.384. The lowest BCUT2D eigenvalue weighted by Gasteiger charge is -2.26. The second kappa shape index (κ2) is 11.4. The van der Waals surface area contributed by atoms with Crippen LogP contribution in [0.2, 0.25) is 0 Å². The summed E-state index contributed by atoms with van der Waals surface area (Å²) < 4.78 is 37.4. The van der Waals surface area contributed by atoms with Crippen molar-refractivity contribution in [1.82, 2.24) is 9.21 Å². The number of rotatable bonds is 9. The van der Waals surface area contributed by atoms with Crippen LogP contribution in [0.25, 0.3) is 5.76 Å². The molecule has 1 unspecified atom stereocenters. The van der Waals surface area contributed by atoms with E-state index in [-0.39, 0.29) is 46.9 Å². The fraction of sp³-hybridized carbons (Fsp3) is 0.360. The van der Waals surface area contributed by atoms with E-state index in [1.807, 2.05) is 0 Å². The van der Waals surface area contributed by atoms with Crippen LogP contribution in [0.4, 0.5) is 5.69 Å². The van der Waals surface area contributed by atoms with Gasteiger partial charge in [-0.3, -0.25) is 19.7 Å². The van der Waals surface area contributed by atoms with E-state index in [9.17, 15) is 33.2 Å². The van der Waals surface area contributed by atoms with E-state index in [1.54, 1.807) is 0 Å². The highest BCUT2D eigenvalue weighted by Gasteiger charge is 2.46. The Labute approximate surface area is 219 Å². The largest absolute Gasteiger partial charge is 0.507 e. The number of aliphatic hydroxyl groups is 1. The third-order valence-corrected chi connectivity index (χ3v) is 8.33. The number of Topliss-reactive ketones (excluding diaryl/α,β-unsaturated/α-hetero) is 1. The first-order chi connectivity index (χ1) is 18.2. The minimum atomic E-state index is -3.78. The number of benzene rings is 2. The number of amides is 1. The number of carbonyl (C=O) groups excluding carboxylic acids is 2. The summed E-state index contributed by atoms with van der Waals surface area (Å²) in [5.41, 5.74) is -0.0699. The zero-order valence-electron chi connectivity index (χ0n) is 20.6. The average molecular weight is 546 g/mol. The zero-order chi connectivity index (χ0) is 27.4. The van der Waals surface area contributed by atoms with Crippen LogP contribution in [-0.2, 0) is 29.1 Å². The Morgan fingerprint density at radius 1 is 1.16 bits per heavy atom. The normalized spacial score (nSPS) is 20.1. The lowest BCUT2D eigenvalue weighted by atomic mass is 9.95. The fourth-order valence-electron chi connectivity index (χ4n) is 4.52. The van der Waals surface area contributed by atoms with Gasteiger partial charge in [0.05, 0.1) is 34.6 Å². The molecule has 2 aliphatic rings. The Balaban J connectivity index is 1.75. The van der Waals surface area contributed by atoms with E-state index in [2.05, 4.69) is 0 Å². The highest BCUT2D eigenvalue weighted by molar-refractivity contribution is 7.89. The third-order valence-electron chi connectivity index (χ3n) is 6.42. The van der Waals surface area contributed by atoms with Crippen LogP contribution in [0.3, 0.4) is 0 Å². The van der Waals surface area contributed by atoms with Gasteiger partial charge >= 0.3 is 0 Å². The molecule has 0 saturated carbocycles. The molecular formula is C25H27N3O9S. The zero-order valence-corrected chi connectivity index (χ0v) is 21.4. The van der Waals surface area contributed by atoms with E-state index in [4.69, 9.17) is 9.47 Å². The molecule has 0 radical (unpaired) electrons. The number of sulfonamides is 1. The van der Waals surface area contributed by atoms with E-state index in [1.165, 1.54) is 64.8 Å². The van der Waals surface area contributed by atoms with Gasteiger partial charge in [-0.15, -0.1) is 0 Å². The minimum Gasteiger partial charge on any atom is -0.507 e. The first-order valence-electron chi connectivity index (χ1n) is 11.9. The summed E-state index contributed by atoms with van der Waals surface area (Å²) in [6.07, 6.45) is 0.392. The van der Waals surface area contributed by atoms with Crippen LogP contribution in [0.1, 0.15) is 23.6 Å². The number of likely N-dealkylation sites (tertiary alicyclic amines) is 1. The Kier molecular flexibility index (Phi) is 8.21. The third kappa shape index (κ3) is 5.31. The maximum Gasteiger partial charge on any atom is 0.295 e. The number of ketones is 1. The number of hydrogen-bond acceptors (Lipinski definition) is 9. The smallest absolute Gasteiger partial charge is 0.295 e. The van der Waals surface area contributed by atoms with Gasteiger partial charge in [0.15, 0.2) is 0 Å². The van der Waals surface area contributed by atoms with Gasteiger partial charge in [0.2, 0.25) is 10.0 Å². The minimum absolute atomic E-state index is 0.00574.